The molecule has 0 bridgehead atoms. The molecule has 2 aromatic carbocycles. The SMILES string of the molecule is CC(=O)Oc1cc2c(c(OC(C)=O)c1C(C)=O)C(=O)C1=C(O)c3c(O)ccc(N(C)C)c3C[C@H]1C2. The van der Waals surface area contributed by atoms with Crippen molar-refractivity contribution in [3.05, 3.63) is 51.6 Å². The highest BCUT2D eigenvalue weighted by atomic mass is 16.5. The van der Waals surface area contributed by atoms with Crippen LogP contribution in [0.5, 0.6) is 17.2 Å². The topological polar surface area (TPSA) is 130 Å². The van der Waals surface area contributed by atoms with Crippen LogP contribution in [0.3, 0.4) is 0 Å². The smallest absolute Gasteiger partial charge is 0.308 e. The third-order valence-electron chi connectivity index (χ3n) is 6.22. The highest BCUT2D eigenvalue weighted by Crippen LogP contribution is 2.49. The number of aliphatic hydroxyl groups is 1. The summed E-state index contributed by atoms with van der Waals surface area (Å²) in [5, 5.41) is 21.7. The maximum Gasteiger partial charge on any atom is 0.308 e. The van der Waals surface area contributed by atoms with E-state index < -0.39 is 29.4 Å². The molecule has 0 saturated carbocycles. The summed E-state index contributed by atoms with van der Waals surface area (Å²) in [6.07, 6.45) is 0.589. The fraction of sp³-hybridized carbons (Fsp3) is 0.308. The number of hydrogen-bond acceptors (Lipinski definition) is 9. The second kappa shape index (κ2) is 8.57. The predicted molar refractivity (Wildman–Crippen MR) is 126 cm³/mol. The van der Waals surface area contributed by atoms with Gasteiger partial charge in [0, 0.05) is 39.2 Å². The van der Waals surface area contributed by atoms with Crippen molar-refractivity contribution >= 4 is 35.0 Å². The Hall–Kier alpha value is -4.14. The normalized spacial score (nSPS) is 16.1. The molecule has 2 N–H and O–H groups in total. The van der Waals surface area contributed by atoms with Crippen molar-refractivity contribution in [3.63, 3.8) is 0 Å². The van der Waals surface area contributed by atoms with Gasteiger partial charge in [-0.25, -0.2) is 0 Å². The molecule has 182 valence electrons. The molecule has 2 aliphatic rings. The van der Waals surface area contributed by atoms with E-state index in [1.807, 2.05) is 19.0 Å². The van der Waals surface area contributed by atoms with Crippen LogP contribution in [0.15, 0.2) is 23.8 Å². The first-order valence-corrected chi connectivity index (χ1v) is 11.0. The fourth-order valence-corrected chi connectivity index (χ4v) is 4.97. The molecule has 4 rings (SSSR count). The van der Waals surface area contributed by atoms with Gasteiger partial charge in [-0.2, -0.15) is 0 Å². The number of esters is 2. The minimum atomic E-state index is -0.773. The molecule has 2 aromatic rings. The largest absolute Gasteiger partial charge is 0.507 e. The Bertz CT molecular complexity index is 1350. The monoisotopic (exact) mass is 479 g/mol. The van der Waals surface area contributed by atoms with E-state index in [1.165, 1.54) is 26.0 Å². The van der Waals surface area contributed by atoms with E-state index in [1.54, 1.807) is 6.07 Å². The summed E-state index contributed by atoms with van der Waals surface area (Å²) in [4.78, 5) is 51.8. The van der Waals surface area contributed by atoms with Crippen LogP contribution in [0.1, 0.15) is 58.2 Å². The van der Waals surface area contributed by atoms with Crippen LogP contribution in [0.25, 0.3) is 5.76 Å². The predicted octanol–water partition coefficient (Wildman–Crippen LogP) is 3.39. The molecule has 0 fully saturated rings. The number of benzene rings is 2. The number of fused-ring (bicyclic) bond motifs is 3. The first kappa shape index (κ1) is 24.0. The summed E-state index contributed by atoms with van der Waals surface area (Å²) in [5.41, 5.74) is 1.88. The van der Waals surface area contributed by atoms with Crippen LogP contribution < -0.4 is 14.4 Å². The molecule has 35 heavy (non-hydrogen) atoms. The minimum Gasteiger partial charge on any atom is -0.507 e. The second-order valence-electron chi connectivity index (χ2n) is 8.90. The molecule has 0 heterocycles. The number of phenolic OH excluding ortho intramolecular Hbond substituents is 1. The standard InChI is InChI=1S/C26H25NO8/c1-11(28)20-19(34-12(2)29)10-15-8-14-9-16-17(27(4)5)6-7-18(31)23(16)25(33)21(14)24(32)22(15)26(20)35-13(3)30/h6-7,10,14,31,33H,8-9H2,1-5H3/t14-/m1/s1. The average Bonchev–Trinajstić information content (AvgIpc) is 2.71. The Balaban J connectivity index is 2.01. The maximum atomic E-state index is 13.8. The number of ether oxygens (including phenoxy) is 2. The van der Waals surface area contributed by atoms with Crippen LogP contribution in [-0.4, -0.2) is 47.8 Å². The number of phenols is 1. The molecule has 9 heteroatoms. The van der Waals surface area contributed by atoms with Crippen molar-refractivity contribution in [2.24, 2.45) is 5.92 Å². The minimum absolute atomic E-state index is 0.0502. The Labute approximate surface area is 201 Å². The van der Waals surface area contributed by atoms with Gasteiger partial charge in [-0.15, -0.1) is 0 Å². The first-order valence-electron chi connectivity index (χ1n) is 11.0. The molecular weight excluding hydrogens is 454 g/mol. The lowest BCUT2D eigenvalue weighted by Gasteiger charge is -2.35. The lowest BCUT2D eigenvalue weighted by atomic mass is 9.70. The van der Waals surface area contributed by atoms with E-state index in [0.717, 1.165) is 12.6 Å². The Morgan fingerprint density at radius 3 is 2.20 bits per heavy atom. The summed E-state index contributed by atoms with van der Waals surface area (Å²) in [6.45, 7) is 3.50. The second-order valence-corrected chi connectivity index (χ2v) is 8.90. The maximum absolute atomic E-state index is 13.8. The average molecular weight is 479 g/mol. The molecule has 2 aliphatic carbocycles. The molecule has 0 aliphatic heterocycles. The van der Waals surface area contributed by atoms with Crippen molar-refractivity contribution < 1.29 is 38.9 Å². The van der Waals surface area contributed by atoms with Crippen LogP contribution in [0.2, 0.25) is 0 Å². The summed E-state index contributed by atoms with van der Waals surface area (Å²) in [5.74, 6) is -4.03. The number of anilines is 1. The van der Waals surface area contributed by atoms with Crippen molar-refractivity contribution in [3.8, 4) is 17.2 Å². The molecule has 9 nitrogen and oxygen atoms in total. The van der Waals surface area contributed by atoms with Gasteiger partial charge in [-0.3, -0.25) is 19.2 Å². The number of hydrogen-bond donors (Lipinski definition) is 2. The number of carbonyl (C=O) groups is 4. The van der Waals surface area contributed by atoms with E-state index in [-0.39, 0.29) is 51.7 Å². The Kier molecular flexibility index (Phi) is 5.88. The van der Waals surface area contributed by atoms with Gasteiger partial charge in [0.15, 0.2) is 17.3 Å². The number of rotatable bonds is 4. The molecule has 0 saturated heterocycles. The molecule has 0 aromatic heterocycles. The van der Waals surface area contributed by atoms with Gasteiger partial charge < -0.3 is 24.6 Å². The quantitative estimate of drug-likeness (QED) is 0.385. The van der Waals surface area contributed by atoms with Gasteiger partial charge in [-0.05, 0) is 55.0 Å². The fourth-order valence-electron chi connectivity index (χ4n) is 4.97. The lowest BCUT2D eigenvalue weighted by Crippen LogP contribution is -2.31. The number of nitrogens with zero attached hydrogens (tertiary/aromatic N) is 1. The van der Waals surface area contributed by atoms with Gasteiger partial charge in [-0.1, -0.05) is 0 Å². The zero-order valence-electron chi connectivity index (χ0n) is 20.0. The Morgan fingerprint density at radius 1 is 0.971 bits per heavy atom. The summed E-state index contributed by atoms with van der Waals surface area (Å²) in [6, 6.07) is 4.63. The molecule has 0 unspecified atom stereocenters. The van der Waals surface area contributed by atoms with Gasteiger partial charge in [0.1, 0.15) is 22.8 Å². The molecule has 0 radical (unpaired) electrons. The van der Waals surface area contributed by atoms with Crippen molar-refractivity contribution in [2.75, 3.05) is 19.0 Å². The number of carbonyl (C=O) groups excluding carboxylic acids is 4. The Morgan fingerprint density at radius 2 is 1.63 bits per heavy atom. The highest BCUT2D eigenvalue weighted by molar-refractivity contribution is 6.19. The van der Waals surface area contributed by atoms with Crippen molar-refractivity contribution in [1.82, 2.24) is 0 Å². The molecule has 0 spiro atoms. The summed E-state index contributed by atoms with van der Waals surface area (Å²) in [7, 11) is 3.68. The number of ketones is 2. The number of aromatic hydroxyl groups is 1. The van der Waals surface area contributed by atoms with Gasteiger partial charge >= 0.3 is 11.9 Å². The lowest BCUT2D eigenvalue weighted by molar-refractivity contribution is -0.132. The zero-order chi connectivity index (χ0) is 25.8. The van der Waals surface area contributed by atoms with Crippen LogP contribution in [0, 0.1) is 5.92 Å². The van der Waals surface area contributed by atoms with Crippen LogP contribution >= 0.6 is 0 Å². The third-order valence-corrected chi connectivity index (χ3v) is 6.22. The van der Waals surface area contributed by atoms with Gasteiger partial charge in [0.25, 0.3) is 0 Å². The number of aliphatic hydroxyl groups excluding tert-OH is 1. The molecule has 0 amide bonds. The molecular formula is C26H25NO8. The van der Waals surface area contributed by atoms with Crippen molar-refractivity contribution in [2.45, 2.75) is 33.6 Å². The molecule has 1 atom stereocenters. The van der Waals surface area contributed by atoms with Crippen LogP contribution in [-0.2, 0) is 22.4 Å². The van der Waals surface area contributed by atoms with E-state index in [9.17, 15) is 29.4 Å². The zero-order valence-corrected chi connectivity index (χ0v) is 20.0. The number of allylic oxidation sites excluding steroid dienone is 1. The van der Waals surface area contributed by atoms with E-state index >= 15 is 0 Å². The van der Waals surface area contributed by atoms with Gasteiger partial charge in [0.2, 0.25) is 0 Å². The third kappa shape index (κ3) is 3.92. The highest BCUT2D eigenvalue weighted by Gasteiger charge is 2.42. The van der Waals surface area contributed by atoms with E-state index in [4.69, 9.17) is 9.47 Å². The first-order chi connectivity index (χ1) is 16.4. The summed E-state index contributed by atoms with van der Waals surface area (Å²) >= 11 is 0. The van der Waals surface area contributed by atoms with Crippen molar-refractivity contribution in [1.29, 1.82) is 0 Å². The summed E-state index contributed by atoms with van der Waals surface area (Å²) < 4.78 is 10.6. The van der Waals surface area contributed by atoms with E-state index in [2.05, 4.69) is 0 Å². The van der Waals surface area contributed by atoms with Gasteiger partial charge in [0.05, 0.1) is 11.1 Å². The van der Waals surface area contributed by atoms with E-state index in [0.29, 0.717) is 17.5 Å². The number of Topliss-reactive ketones (excluding diaryl/α,β-unsaturated/α-hetero) is 2. The van der Waals surface area contributed by atoms with Crippen LogP contribution in [0.4, 0.5) is 5.69 Å².